The lowest BCUT2D eigenvalue weighted by atomic mass is 10.1. The third-order valence-electron chi connectivity index (χ3n) is 2.97. The van der Waals surface area contributed by atoms with E-state index in [1.807, 2.05) is 48.5 Å². The highest BCUT2D eigenvalue weighted by molar-refractivity contribution is 9.10. The minimum absolute atomic E-state index is 0.922. The molecule has 0 spiro atoms. The van der Waals surface area contributed by atoms with Gasteiger partial charge in [0, 0.05) is 32.9 Å². The van der Waals surface area contributed by atoms with Crippen LogP contribution in [0.2, 0.25) is 0 Å². The molecule has 110 valence electrons. The Morgan fingerprint density at radius 2 is 1.14 bits per heavy atom. The summed E-state index contributed by atoms with van der Waals surface area (Å²) in [5.41, 5.74) is 2.12. The van der Waals surface area contributed by atoms with Gasteiger partial charge in [0.2, 0.25) is 0 Å². The average Bonchev–Trinajstić information content (AvgIpc) is 2.50. The number of unbranched alkanes of at least 4 members (excludes halogenated alkanes) is 3. The Hall–Kier alpha value is -1.48. The maximum absolute atomic E-state index is 3.45. The summed E-state index contributed by atoms with van der Waals surface area (Å²) in [6.07, 6.45) is 4.03. The first-order chi connectivity index (χ1) is 10.7. The van der Waals surface area contributed by atoms with Crippen LogP contribution in [-0.2, 0) is 0 Å². The summed E-state index contributed by atoms with van der Waals surface area (Å²) < 4.78 is 2.14. The van der Waals surface area contributed by atoms with Crippen LogP contribution in [0.3, 0.4) is 0 Å². The number of rotatable bonds is 3. The van der Waals surface area contributed by atoms with Crippen molar-refractivity contribution in [2.45, 2.75) is 25.7 Å². The highest BCUT2D eigenvalue weighted by Crippen LogP contribution is 2.11. The van der Waals surface area contributed by atoms with Gasteiger partial charge in [0.25, 0.3) is 0 Å². The normalized spacial score (nSPS) is 9.36. The van der Waals surface area contributed by atoms with Gasteiger partial charge in [-0.15, -0.1) is 0 Å². The third kappa shape index (κ3) is 6.52. The SMILES string of the molecule is Brc1cccc(C#CCCCCC#Cc2cccc(Br)c2)c1. The minimum atomic E-state index is 0.922. The minimum Gasteiger partial charge on any atom is -0.0979 e. The molecule has 2 aromatic carbocycles. The van der Waals surface area contributed by atoms with Crippen molar-refractivity contribution in [3.63, 3.8) is 0 Å². The van der Waals surface area contributed by atoms with Crippen molar-refractivity contribution >= 4 is 31.9 Å². The first-order valence-corrected chi connectivity index (χ1v) is 8.81. The van der Waals surface area contributed by atoms with Crippen LogP contribution < -0.4 is 0 Å². The molecular weight excluding hydrogens is 400 g/mol. The van der Waals surface area contributed by atoms with E-state index >= 15 is 0 Å². The molecule has 0 nitrogen and oxygen atoms in total. The van der Waals surface area contributed by atoms with Crippen LogP contribution in [0, 0.1) is 23.7 Å². The zero-order valence-electron chi connectivity index (χ0n) is 12.2. The van der Waals surface area contributed by atoms with Gasteiger partial charge in [-0.25, -0.2) is 0 Å². The Bertz CT molecular complexity index is 674. The molecule has 0 heterocycles. The topological polar surface area (TPSA) is 0 Å². The fraction of sp³-hybridized carbons (Fsp3) is 0.200. The quantitative estimate of drug-likeness (QED) is 0.415. The van der Waals surface area contributed by atoms with E-state index < -0.39 is 0 Å². The Morgan fingerprint density at radius 3 is 1.55 bits per heavy atom. The molecule has 2 heteroatoms. The Balaban J connectivity index is 1.68. The molecule has 2 rings (SSSR count). The molecule has 0 amide bonds. The molecular formula is C20H16Br2. The predicted molar refractivity (Wildman–Crippen MR) is 101 cm³/mol. The molecule has 0 N–H and O–H groups in total. The van der Waals surface area contributed by atoms with Crippen molar-refractivity contribution < 1.29 is 0 Å². The lowest BCUT2D eigenvalue weighted by Gasteiger charge is -1.92. The second kappa shape index (κ2) is 9.52. The first kappa shape index (κ1) is 16.9. The van der Waals surface area contributed by atoms with Gasteiger partial charge in [0.1, 0.15) is 0 Å². The van der Waals surface area contributed by atoms with Crippen LogP contribution in [0.5, 0.6) is 0 Å². The van der Waals surface area contributed by atoms with E-state index in [9.17, 15) is 0 Å². The lowest BCUT2D eigenvalue weighted by molar-refractivity contribution is 0.782. The van der Waals surface area contributed by atoms with E-state index in [-0.39, 0.29) is 0 Å². The van der Waals surface area contributed by atoms with E-state index in [1.54, 1.807) is 0 Å². The Labute approximate surface area is 149 Å². The van der Waals surface area contributed by atoms with Gasteiger partial charge in [-0.2, -0.15) is 0 Å². The van der Waals surface area contributed by atoms with Crippen molar-refractivity contribution in [2.75, 3.05) is 0 Å². The largest absolute Gasteiger partial charge is 0.0979 e. The average molecular weight is 416 g/mol. The highest BCUT2D eigenvalue weighted by atomic mass is 79.9. The van der Waals surface area contributed by atoms with Gasteiger partial charge >= 0.3 is 0 Å². The standard InChI is InChI=1S/C20H16Br2/c21-19-13-7-11-17(15-19)9-5-3-1-2-4-6-10-18-12-8-14-20(22)16-18/h7-8,11-16H,1-4H2. The zero-order chi connectivity index (χ0) is 15.6. The van der Waals surface area contributed by atoms with E-state index in [0.29, 0.717) is 0 Å². The van der Waals surface area contributed by atoms with Crippen molar-refractivity contribution in [3.8, 4) is 23.7 Å². The van der Waals surface area contributed by atoms with E-state index in [1.165, 1.54) is 0 Å². The molecule has 0 radical (unpaired) electrons. The number of benzene rings is 2. The monoisotopic (exact) mass is 414 g/mol. The van der Waals surface area contributed by atoms with E-state index in [4.69, 9.17) is 0 Å². The van der Waals surface area contributed by atoms with Gasteiger partial charge in [0.15, 0.2) is 0 Å². The molecule has 0 aliphatic heterocycles. The molecule has 0 bridgehead atoms. The van der Waals surface area contributed by atoms with Crippen LogP contribution in [0.1, 0.15) is 36.8 Å². The van der Waals surface area contributed by atoms with Crippen LogP contribution in [0.25, 0.3) is 0 Å². The summed E-state index contributed by atoms with van der Waals surface area (Å²) in [6.45, 7) is 0. The van der Waals surface area contributed by atoms with Crippen molar-refractivity contribution in [2.24, 2.45) is 0 Å². The summed E-state index contributed by atoms with van der Waals surface area (Å²) in [7, 11) is 0. The molecule has 0 aliphatic rings. The zero-order valence-corrected chi connectivity index (χ0v) is 15.4. The Morgan fingerprint density at radius 1 is 0.682 bits per heavy atom. The van der Waals surface area contributed by atoms with Crippen molar-refractivity contribution in [1.29, 1.82) is 0 Å². The van der Waals surface area contributed by atoms with E-state index in [2.05, 4.69) is 55.5 Å². The van der Waals surface area contributed by atoms with Gasteiger partial charge in [-0.1, -0.05) is 67.7 Å². The van der Waals surface area contributed by atoms with E-state index in [0.717, 1.165) is 45.8 Å². The summed E-state index contributed by atoms with van der Waals surface area (Å²) >= 11 is 6.90. The fourth-order valence-corrected chi connectivity index (χ4v) is 2.69. The summed E-state index contributed by atoms with van der Waals surface area (Å²) in [5.74, 6) is 12.8. The number of halogens is 2. The second-order valence-electron chi connectivity index (χ2n) is 4.83. The van der Waals surface area contributed by atoms with Gasteiger partial charge in [-0.05, 0) is 49.2 Å². The fourth-order valence-electron chi connectivity index (χ4n) is 1.89. The molecule has 0 atom stereocenters. The van der Waals surface area contributed by atoms with Crippen LogP contribution in [0.4, 0.5) is 0 Å². The van der Waals surface area contributed by atoms with Crippen molar-refractivity contribution in [1.82, 2.24) is 0 Å². The van der Waals surface area contributed by atoms with Gasteiger partial charge in [-0.3, -0.25) is 0 Å². The number of hydrogen-bond donors (Lipinski definition) is 0. The molecule has 2 aromatic rings. The third-order valence-corrected chi connectivity index (χ3v) is 3.95. The van der Waals surface area contributed by atoms with Gasteiger partial charge in [0.05, 0.1) is 0 Å². The number of hydrogen-bond acceptors (Lipinski definition) is 0. The van der Waals surface area contributed by atoms with Crippen LogP contribution >= 0.6 is 31.9 Å². The van der Waals surface area contributed by atoms with Crippen molar-refractivity contribution in [3.05, 3.63) is 68.6 Å². The molecule has 0 unspecified atom stereocenters. The molecule has 0 aliphatic carbocycles. The van der Waals surface area contributed by atoms with Crippen LogP contribution in [0.15, 0.2) is 57.5 Å². The smallest absolute Gasteiger partial charge is 0.0256 e. The lowest BCUT2D eigenvalue weighted by Crippen LogP contribution is -1.77. The molecule has 22 heavy (non-hydrogen) atoms. The molecule has 0 saturated heterocycles. The van der Waals surface area contributed by atoms with Gasteiger partial charge < -0.3 is 0 Å². The summed E-state index contributed by atoms with van der Waals surface area (Å²) in [5, 5.41) is 0. The maximum Gasteiger partial charge on any atom is 0.0256 e. The maximum atomic E-state index is 3.45. The summed E-state index contributed by atoms with van der Waals surface area (Å²) in [4.78, 5) is 0. The molecule has 0 saturated carbocycles. The molecule has 0 aromatic heterocycles. The highest BCUT2D eigenvalue weighted by Gasteiger charge is 1.89. The first-order valence-electron chi connectivity index (χ1n) is 7.23. The molecule has 0 fully saturated rings. The predicted octanol–water partition coefficient (Wildman–Crippen LogP) is 6.18. The summed E-state index contributed by atoms with van der Waals surface area (Å²) in [6, 6.07) is 16.2. The van der Waals surface area contributed by atoms with Crippen LogP contribution in [-0.4, -0.2) is 0 Å². The second-order valence-corrected chi connectivity index (χ2v) is 6.66. The Kier molecular flexibility index (Phi) is 7.31.